The minimum absolute atomic E-state index is 0.0488. The molecule has 140 valence electrons. The molecule has 0 radical (unpaired) electrons. The Morgan fingerprint density at radius 3 is 2.54 bits per heavy atom. The van der Waals surface area contributed by atoms with Crippen LogP contribution in [0.1, 0.15) is 15.9 Å². The minimum Gasteiger partial charge on any atom is -0.495 e. The number of amides is 1. The average Bonchev–Trinajstić information content (AvgIpc) is 2.57. The first-order valence-electron chi connectivity index (χ1n) is 7.89. The maximum atomic E-state index is 12.3. The summed E-state index contributed by atoms with van der Waals surface area (Å²) in [5.74, 6) is 0.125. The first kappa shape index (κ1) is 20.1. The van der Waals surface area contributed by atoms with Gasteiger partial charge in [0.15, 0.2) is 0 Å². The number of halogens is 1. The van der Waals surface area contributed by atoms with E-state index in [4.69, 9.17) is 16.3 Å². The van der Waals surface area contributed by atoms with E-state index in [9.17, 15) is 13.2 Å². The van der Waals surface area contributed by atoms with Crippen molar-refractivity contribution in [3.8, 4) is 5.75 Å². The first-order valence-corrected chi connectivity index (χ1v) is 10.1. The molecule has 0 saturated heterocycles. The fourth-order valence-corrected chi connectivity index (χ4v) is 3.61. The molecule has 26 heavy (non-hydrogen) atoms. The molecule has 0 aromatic heterocycles. The standard InChI is InChI=1S/C18H21ClN2O4S/c1-13-6-4-5-7-15(13)18(22)20-10-11-21(26(3,23)24)16-12-14(19)8-9-17(16)25-2/h4-9,12H,10-11H2,1-3H3,(H,20,22). The van der Waals surface area contributed by atoms with E-state index in [1.807, 2.05) is 19.1 Å². The van der Waals surface area contributed by atoms with Gasteiger partial charge < -0.3 is 10.1 Å². The predicted octanol–water partition coefficient (Wildman–Crippen LogP) is 2.85. The molecule has 0 aliphatic heterocycles. The van der Waals surface area contributed by atoms with Crippen LogP contribution in [-0.4, -0.2) is 40.8 Å². The zero-order valence-electron chi connectivity index (χ0n) is 14.8. The van der Waals surface area contributed by atoms with Gasteiger partial charge in [-0.05, 0) is 36.8 Å². The molecule has 1 N–H and O–H groups in total. The van der Waals surface area contributed by atoms with Crippen molar-refractivity contribution < 1.29 is 17.9 Å². The van der Waals surface area contributed by atoms with Gasteiger partial charge in [-0.3, -0.25) is 9.10 Å². The molecule has 0 saturated carbocycles. The van der Waals surface area contributed by atoms with Crippen LogP contribution in [0.15, 0.2) is 42.5 Å². The van der Waals surface area contributed by atoms with E-state index in [1.54, 1.807) is 24.3 Å². The van der Waals surface area contributed by atoms with Crippen LogP contribution < -0.4 is 14.4 Å². The van der Waals surface area contributed by atoms with Gasteiger partial charge in [0.2, 0.25) is 10.0 Å². The number of benzene rings is 2. The molecule has 2 aromatic carbocycles. The Bertz CT molecular complexity index is 900. The van der Waals surface area contributed by atoms with Gasteiger partial charge in [-0.25, -0.2) is 8.42 Å². The Morgan fingerprint density at radius 2 is 1.92 bits per heavy atom. The molecule has 0 aliphatic carbocycles. The van der Waals surface area contributed by atoms with Gasteiger partial charge in [-0.1, -0.05) is 29.8 Å². The Kier molecular flexibility index (Phi) is 6.50. The SMILES string of the molecule is COc1ccc(Cl)cc1N(CCNC(=O)c1ccccc1C)S(C)(=O)=O. The smallest absolute Gasteiger partial charge is 0.251 e. The molecule has 0 atom stereocenters. The third kappa shape index (κ3) is 4.89. The number of hydrogen-bond donors (Lipinski definition) is 1. The monoisotopic (exact) mass is 396 g/mol. The van der Waals surface area contributed by atoms with E-state index in [0.29, 0.717) is 22.0 Å². The van der Waals surface area contributed by atoms with Gasteiger partial charge in [0.1, 0.15) is 5.75 Å². The van der Waals surface area contributed by atoms with Crippen molar-refractivity contribution in [3.05, 3.63) is 58.6 Å². The second-order valence-electron chi connectivity index (χ2n) is 5.72. The highest BCUT2D eigenvalue weighted by molar-refractivity contribution is 7.92. The fraction of sp³-hybridized carbons (Fsp3) is 0.278. The number of hydrogen-bond acceptors (Lipinski definition) is 4. The lowest BCUT2D eigenvalue weighted by Crippen LogP contribution is -2.38. The van der Waals surface area contributed by atoms with Gasteiger partial charge in [0.25, 0.3) is 5.91 Å². The van der Waals surface area contributed by atoms with Crippen molar-refractivity contribution in [2.75, 3.05) is 30.8 Å². The zero-order chi connectivity index (χ0) is 19.3. The van der Waals surface area contributed by atoms with Gasteiger partial charge in [-0.2, -0.15) is 0 Å². The molecule has 0 unspecified atom stereocenters. The quantitative estimate of drug-likeness (QED) is 0.780. The molecule has 0 spiro atoms. The van der Waals surface area contributed by atoms with Crippen LogP contribution in [0.5, 0.6) is 5.75 Å². The Hall–Kier alpha value is -2.25. The van der Waals surface area contributed by atoms with E-state index < -0.39 is 10.0 Å². The first-order chi connectivity index (χ1) is 12.2. The second-order valence-corrected chi connectivity index (χ2v) is 8.07. The molecule has 1 amide bonds. The van der Waals surface area contributed by atoms with E-state index in [0.717, 1.165) is 16.1 Å². The van der Waals surface area contributed by atoms with Crippen LogP contribution in [0.3, 0.4) is 0 Å². The molecule has 2 rings (SSSR count). The molecule has 6 nitrogen and oxygen atoms in total. The van der Waals surface area contributed by atoms with E-state index in [2.05, 4.69) is 5.32 Å². The van der Waals surface area contributed by atoms with E-state index in [-0.39, 0.29) is 19.0 Å². The Morgan fingerprint density at radius 1 is 1.23 bits per heavy atom. The molecular weight excluding hydrogens is 376 g/mol. The second kappa shape index (κ2) is 8.42. The molecule has 8 heteroatoms. The van der Waals surface area contributed by atoms with Crippen molar-refractivity contribution in [1.29, 1.82) is 0 Å². The third-order valence-corrected chi connectivity index (χ3v) is 5.22. The highest BCUT2D eigenvalue weighted by Crippen LogP contribution is 2.32. The lowest BCUT2D eigenvalue weighted by Gasteiger charge is -2.24. The summed E-state index contributed by atoms with van der Waals surface area (Å²) in [4.78, 5) is 12.3. The molecule has 0 aliphatic rings. The van der Waals surface area contributed by atoms with Crippen LogP contribution in [0.4, 0.5) is 5.69 Å². The van der Waals surface area contributed by atoms with Crippen LogP contribution in [0, 0.1) is 6.92 Å². The number of carbonyl (C=O) groups excluding carboxylic acids is 1. The topological polar surface area (TPSA) is 75.7 Å². The predicted molar refractivity (Wildman–Crippen MR) is 104 cm³/mol. The van der Waals surface area contributed by atoms with Gasteiger partial charge in [-0.15, -0.1) is 0 Å². The number of ether oxygens (including phenoxy) is 1. The zero-order valence-corrected chi connectivity index (χ0v) is 16.4. The molecular formula is C18H21ClN2O4S. The largest absolute Gasteiger partial charge is 0.495 e. The van der Waals surface area contributed by atoms with Crippen molar-refractivity contribution in [3.63, 3.8) is 0 Å². The summed E-state index contributed by atoms with van der Waals surface area (Å²) in [7, 11) is -2.14. The highest BCUT2D eigenvalue weighted by Gasteiger charge is 2.21. The maximum absolute atomic E-state index is 12.3. The Balaban J connectivity index is 2.17. The van der Waals surface area contributed by atoms with Gasteiger partial charge >= 0.3 is 0 Å². The maximum Gasteiger partial charge on any atom is 0.251 e. The number of carbonyl (C=O) groups is 1. The number of methoxy groups -OCH3 is 1. The van der Waals surface area contributed by atoms with Crippen LogP contribution in [0.2, 0.25) is 5.02 Å². The van der Waals surface area contributed by atoms with Gasteiger partial charge in [0.05, 0.1) is 25.6 Å². The lowest BCUT2D eigenvalue weighted by atomic mass is 10.1. The van der Waals surface area contributed by atoms with Gasteiger partial charge in [0, 0.05) is 17.1 Å². The molecule has 0 bridgehead atoms. The summed E-state index contributed by atoms with van der Waals surface area (Å²) in [6, 6.07) is 11.9. The van der Waals surface area contributed by atoms with Crippen molar-refractivity contribution >= 4 is 33.2 Å². The highest BCUT2D eigenvalue weighted by atomic mass is 35.5. The number of nitrogens with one attached hydrogen (secondary N) is 1. The normalized spacial score (nSPS) is 11.1. The summed E-state index contributed by atoms with van der Waals surface area (Å²) in [5, 5.41) is 3.13. The van der Waals surface area contributed by atoms with Crippen molar-refractivity contribution in [1.82, 2.24) is 5.32 Å². The summed E-state index contributed by atoms with van der Waals surface area (Å²) in [5.41, 5.74) is 1.73. The number of aryl methyl sites for hydroxylation is 1. The summed E-state index contributed by atoms with van der Waals surface area (Å²) in [6.07, 6.45) is 1.09. The van der Waals surface area contributed by atoms with Crippen LogP contribution in [0.25, 0.3) is 0 Å². The fourth-order valence-electron chi connectivity index (χ4n) is 2.52. The Labute approximate surface area is 158 Å². The van der Waals surface area contributed by atoms with E-state index >= 15 is 0 Å². The summed E-state index contributed by atoms with van der Waals surface area (Å²) >= 11 is 6.00. The van der Waals surface area contributed by atoms with Crippen LogP contribution >= 0.6 is 11.6 Å². The summed E-state index contributed by atoms with van der Waals surface area (Å²) < 4.78 is 30.9. The number of sulfonamides is 1. The lowest BCUT2D eigenvalue weighted by molar-refractivity contribution is 0.0954. The molecule has 0 fully saturated rings. The third-order valence-electron chi connectivity index (χ3n) is 3.80. The van der Waals surface area contributed by atoms with E-state index in [1.165, 1.54) is 13.2 Å². The average molecular weight is 397 g/mol. The summed E-state index contributed by atoms with van der Waals surface area (Å²) in [6.45, 7) is 2.03. The number of rotatable bonds is 7. The van der Waals surface area contributed by atoms with Crippen molar-refractivity contribution in [2.45, 2.75) is 6.92 Å². The molecule has 2 aromatic rings. The minimum atomic E-state index is -3.59. The number of anilines is 1. The van der Waals surface area contributed by atoms with Crippen molar-refractivity contribution in [2.24, 2.45) is 0 Å². The number of nitrogens with zero attached hydrogens (tertiary/aromatic N) is 1. The molecule has 0 heterocycles. The van der Waals surface area contributed by atoms with Crippen LogP contribution in [-0.2, 0) is 10.0 Å².